The molecule has 2 atom stereocenters. The first-order valence-corrected chi connectivity index (χ1v) is 7.02. The van der Waals surface area contributed by atoms with Crippen LogP contribution in [0.15, 0.2) is 0 Å². The van der Waals surface area contributed by atoms with Crippen LogP contribution in [0.3, 0.4) is 0 Å². The van der Waals surface area contributed by atoms with E-state index in [1.165, 1.54) is 6.42 Å². The molecule has 1 aliphatic rings. The number of rotatable bonds is 6. The van der Waals surface area contributed by atoms with Gasteiger partial charge in [0.1, 0.15) is 0 Å². The van der Waals surface area contributed by atoms with Gasteiger partial charge in [0, 0.05) is 19.7 Å². The number of nitrogens with zero attached hydrogens (tertiary/aromatic N) is 1. The van der Waals surface area contributed by atoms with Gasteiger partial charge in [-0.1, -0.05) is 27.2 Å². The molecule has 17 heavy (non-hydrogen) atoms. The van der Waals surface area contributed by atoms with Crippen LogP contribution in [0.4, 0.5) is 0 Å². The standard InChI is InChI=1S/C14H29NO2/c1-4-15(9-6-10-16)11-12-7-5-8-14(2,3)13(12)17/h12-13,16-17H,4-11H2,1-3H3. The average Bonchev–Trinajstić information content (AvgIpc) is 2.29. The molecule has 0 aromatic heterocycles. The van der Waals surface area contributed by atoms with Gasteiger partial charge in [-0.05, 0) is 37.1 Å². The molecule has 0 amide bonds. The quantitative estimate of drug-likeness (QED) is 0.748. The lowest BCUT2D eigenvalue weighted by Gasteiger charge is -2.42. The molecule has 3 nitrogen and oxygen atoms in total. The second kappa shape index (κ2) is 6.72. The largest absolute Gasteiger partial charge is 0.396 e. The van der Waals surface area contributed by atoms with Gasteiger partial charge in [0.05, 0.1) is 6.10 Å². The van der Waals surface area contributed by atoms with Crippen LogP contribution in [0.2, 0.25) is 0 Å². The molecule has 0 saturated heterocycles. The molecule has 0 bridgehead atoms. The lowest BCUT2D eigenvalue weighted by molar-refractivity contribution is -0.0428. The van der Waals surface area contributed by atoms with Crippen molar-refractivity contribution in [2.75, 3.05) is 26.2 Å². The molecule has 1 fully saturated rings. The van der Waals surface area contributed by atoms with Crippen LogP contribution in [0.25, 0.3) is 0 Å². The first kappa shape index (κ1) is 14.9. The Hall–Kier alpha value is -0.120. The fourth-order valence-electron chi connectivity index (χ4n) is 2.96. The number of hydrogen-bond acceptors (Lipinski definition) is 3. The zero-order chi connectivity index (χ0) is 12.9. The maximum Gasteiger partial charge on any atom is 0.0631 e. The Kier molecular flexibility index (Phi) is 5.90. The first-order chi connectivity index (χ1) is 8.01. The Bertz CT molecular complexity index is 218. The van der Waals surface area contributed by atoms with Crippen molar-refractivity contribution in [3.63, 3.8) is 0 Å². The number of hydrogen-bond donors (Lipinski definition) is 2. The number of aliphatic hydroxyl groups excluding tert-OH is 2. The summed E-state index contributed by atoms with van der Waals surface area (Å²) in [5.41, 5.74) is 0.0688. The maximum atomic E-state index is 10.4. The van der Waals surface area contributed by atoms with E-state index in [1.807, 2.05) is 0 Å². The Morgan fingerprint density at radius 2 is 2.06 bits per heavy atom. The minimum atomic E-state index is -0.181. The van der Waals surface area contributed by atoms with E-state index in [2.05, 4.69) is 25.7 Å². The lowest BCUT2D eigenvalue weighted by Crippen LogP contribution is -2.45. The van der Waals surface area contributed by atoms with Crippen molar-refractivity contribution in [2.45, 2.75) is 52.6 Å². The van der Waals surface area contributed by atoms with Crippen LogP contribution in [0, 0.1) is 11.3 Å². The molecular weight excluding hydrogens is 214 g/mol. The van der Waals surface area contributed by atoms with Crippen molar-refractivity contribution < 1.29 is 10.2 Å². The normalized spacial score (nSPS) is 28.6. The van der Waals surface area contributed by atoms with Gasteiger partial charge in [-0.2, -0.15) is 0 Å². The third kappa shape index (κ3) is 4.23. The smallest absolute Gasteiger partial charge is 0.0631 e. The highest BCUT2D eigenvalue weighted by atomic mass is 16.3. The highest BCUT2D eigenvalue weighted by Crippen LogP contribution is 2.39. The van der Waals surface area contributed by atoms with E-state index in [0.29, 0.717) is 5.92 Å². The van der Waals surface area contributed by atoms with E-state index in [4.69, 9.17) is 5.11 Å². The Labute approximate surface area is 106 Å². The van der Waals surface area contributed by atoms with Gasteiger partial charge >= 0.3 is 0 Å². The summed E-state index contributed by atoms with van der Waals surface area (Å²) in [4.78, 5) is 2.35. The van der Waals surface area contributed by atoms with E-state index in [9.17, 15) is 5.11 Å². The van der Waals surface area contributed by atoms with Crippen molar-refractivity contribution in [3.05, 3.63) is 0 Å². The molecule has 0 radical (unpaired) electrons. The summed E-state index contributed by atoms with van der Waals surface area (Å²) in [6.45, 7) is 9.68. The fraction of sp³-hybridized carbons (Fsp3) is 1.00. The molecule has 0 aromatic rings. The first-order valence-electron chi connectivity index (χ1n) is 7.02. The van der Waals surface area contributed by atoms with Crippen LogP contribution >= 0.6 is 0 Å². The summed E-state index contributed by atoms with van der Waals surface area (Å²) in [6, 6.07) is 0. The number of aliphatic hydroxyl groups is 2. The Morgan fingerprint density at radius 3 is 2.65 bits per heavy atom. The van der Waals surface area contributed by atoms with Gasteiger partial charge in [0.2, 0.25) is 0 Å². The average molecular weight is 243 g/mol. The predicted molar refractivity (Wildman–Crippen MR) is 70.9 cm³/mol. The summed E-state index contributed by atoms with van der Waals surface area (Å²) in [5.74, 6) is 0.400. The maximum absolute atomic E-state index is 10.4. The van der Waals surface area contributed by atoms with Crippen LogP contribution in [-0.2, 0) is 0 Å². The summed E-state index contributed by atoms with van der Waals surface area (Å²) in [6.07, 6.45) is 4.15. The predicted octanol–water partition coefficient (Wildman–Crippen LogP) is 1.88. The molecule has 1 saturated carbocycles. The van der Waals surface area contributed by atoms with Crippen molar-refractivity contribution >= 4 is 0 Å². The minimum absolute atomic E-state index is 0.0688. The van der Waals surface area contributed by atoms with E-state index in [-0.39, 0.29) is 18.1 Å². The highest BCUT2D eigenvalue weighted by molar-refractivity contribution is 4.89. The van der Waals surface area contributed by atoms with Crippen molar-refractivity contribution in [1.29, 1.82) is 0 Å². The zero-order valence-corrected chi connectivity index (χ0v) is 11.7. The summed E-state index contributed by atoms with van der Waals surface area (Å²) in [7, 11) is 0. The van der Waals surface area contributed by atoms with Crippen LogP contribution in [-0.4, -0.2) is 47.5 Å². The molecule has 3 heteroatoms. The fourth-order valence-corrected chi connectivity index (χ4v) is 2.96. The van der Waals surface area contributed by atoms with Gasteiger partial charge in [-0.25, -0.2) is 0 Å². The van der Waals surface area contributed by atoms with Gasteiger partial charge in [0.15, 0.2) is 0 Å². The molecule has 1 aliphatic carbocycles. The molecule has 0 spiro atoms. The SMILES string of the molecule is CCN(CCCO)CC1CCCC(C)(C)C1O. The van der Waals surface area contributed by atoms with Crippen LogP contribution < -0.4 is 0 Å². The zero-order valence-electron chi connectivity index (χ0n) is 11.7. The summed E-state index contributed by atoms with van der Waals surface area (Å²) in [5, 5.41) is 19.3. The van der Waals surface area contributed by atoms with Gasteiger partial charge in [0.25, 0.3) is 0 Å². The van der Waals surface area contributed by atoms with Gasteiger partial charge in [-0.3, -0.25) is 0 Å². The van der Waals surface area contributed by atoms with Crippen LogP contribution in [0.1, 0.15) is 46.5 Å². The second-order valence-electron chi connectivity index (χ2n) is 6.06. The molecule has 2 N–H and O–H groups in total. The molecule has 1 rings (SSSR count). The third-order valence-electron chi connectivity index (χ3n) is 4.22. The second-order valence-corrected chi connectivity index (χ2v) is 6.06. The van der Waals surface area contributed by atoms with Crippen molar-refractivity contribution in [3.8, 4) is 0 Å². The van der Waals surface area contributed by atoms with Crippen molar-refractivity contribution in [2.24, 2.45) is 11.3 Å². The molecule has 102 valence electrons. The summed E-state index contributed by atoms with van der Waals surface area (Å²) < 4.78 is 0. The van der Waals surface area contributed by atoms with Gasteiger partial charge in [-0.15, -0.1) is 0 Å². The van der Waals surface area contributed by atoms with Gasteiger partial charge < -0.3 is 15.1 Å². The van der Waals surface area contributed by atoms with E-state index < -0.39 is 0 Å². The van der Waals surface area contributed by atoms with Crippen LogP contribution in [0.5, 0.6) is 0 Å². The molecule has 0 aromatic carbocycles. The van der Waals surface area contributed by atoms with E-state index in [1.54, 1.807) is 0 Å². The molecule has 0 aliphatic heterocycles. The topological polar surface area (TPSA) is 43.7 Å². The third-order valence-corrected chi connectivity index (χ3v) is 4.22. The lowest BCUT2D eigenvalue weighted by atomic mass is 9.69. The highest BCUT2D eigenvalue weighted by Gasteiger charge is 2.37. The Balaban J connectivity index is 2.48. The van der Waals surface area contributed by atoms with Crippen molar-refractivity contribution in [1.82, 2.24) is 4.90 Å². The molecule has 0 heterocycles. The molecular formula is C14H29NO2. The van der Waals surface area contributed by atoms with E-state index >= 15 is 0 Å². The monoisotopic (exact) mass is 243 g/mol. The Morgan fingerprint density at radius 1 is 1.35 bits per heavy atom. The summed E-state index contributed by atoms with van der Waals surface area (Å²) >= 11 is 0. The minimum Gasteiger partial charge on any atom is -0.396 e. The molecule has 2 unspecified atom stereocenters. The van der Waals surface area contributed by atoms with E-state index in [0.717, 1.165) is 38.9 Å².